The molecule has 0 spiro atoms. The highest BCUT2D eigenvalue weighted by Gasteiger charge is 2.37. The van der Waals surface area contributed by atoms with Crippen molar-refractivity contribution in [2.45, 2.75) is 24.9 Å². The van der Waals surface area contributed by atoms with E-state index in [0.717, 1.165) is 45.9 Å². The number of methoxy groups -OCH3 is 1. The van der Waals surface area contributed by atoms with Gasteiger partial charge in [0.15, 0.2) is 0 Å². The van der Waals surface area contributed by atoms with E-state index in [9.17, 15) is 0 Å². The van der Waals surface area contributed by atoms with E-state index in [2.05, 4.69) is 26.9 Å². The number of rotatable bonds is 6. The molecule has 0 saturated carbocycles. The minimum absolute atomic E-state index is 0.565. The number of ether oxygens (including phenoxy) is 2. The topological polar surface area (TPSA) is 37.8 Å². The van der Waals surface area contributed by atoms with Gasteiger partial charge in [0.2, 0.25) is 0 Å². The molecule has 0 unspecified atom stereocenters. The predicted octanol–water partition coefficient (Wildman–Crippen LogP) is 1.05. The van der Waals surface area contributed by atoms with Crippen LogP contribution in [0.5, 0.6) is 0 Å². The van der Waals surface area contributed by atoms with Crippen LogP contribution in [0, 0.1) is 0 Å². The molecule has 0 N–H and O–H groups in total. The third-order valence-electron chi connectivity index (χ3n) is 4.92. The summed E-state index contributed by atoms with van der Waals surface area (Å²) in [7, 11) is 1.79. The molecule has 2 aliphatic heterocycles. The van der Waals surface area contributed by atoms with Crippen molar-refractivity contribution in [3.63, 3.8) is 0 Å². The Hall–Kier alpha value is -1.01. The van der Waals surface area contributed by atoms with Crippen molar-refractivity contribution in [2.75, 3.05) is 53.1 Å². The first-order valence-corrected chi connectivity index (χ1v) is 8.32. The van der Waals surface area contributed by atoms with Gasteiger partial charge in [-0.15, -0.1) is 0 Å². The van der Waals surface area contributed by atoms with Crippen molar-refractivity contribution in [3.8, 4) is 0 Å². The zero-order valence-electron chi connectivity index (χ0n) is 13.5. The fourth-order valence-electron chi connectivity index (χ4n) is 3.75. The van der Waals surface area contributed by atoms with Gasteiger partial charge in [-0.05, 0) is 30.5 Å². The smallest absolute Gasteiger partial charge is 0.0594 e. The Kier molecular flexibility index (Phi) is 5.78. The van der Waals surface area contributed by atoms with E-state index in [0.29, 0.717) is 12.1 Å². The number of hydrogen-bond acceptors (Lipinski definition) is 5. The fourth-order valence-corrected chi connectivity index (χ4v) is 3.75. The Balaban J connectivity index is 1.70. The highest BCUT2D eigenvalue weighted by atomic mass is 16.5. The van der Waals surface area contributed by atoms with Crippen LogP contribution in [0.3, 0.4) is 0 Å². The summed E-state index contributed by atoms with van der Waals surface area (Å²) in [6, 6.07) is 5.48. The van der Waals surface area contributed by atoms with Crippen LogP contribution in [0.15, 0.2) is 24.5 Å². The van der Waals surface area contributed by atoms with E-state index < -0.39 is 0 Å². The Morgan fingerprint density at radius 3 is 2.73 bits per heavy atom. The van der Waals surface area contributed by atoms with Crippen LogP contribution >= 0.6 is 0 Å². The lowest BCUT2D eigenvalue weighted by Gasteiger charge is -2.37. The lowest BCUT2D eigenvalue weighted by atomic mass is 9.99. The monoisotopic (exact) mass is 305 g/mol. The summed E-state index contributed by atoms with van der Waals surface area (Å²) in [4.78, 5) is 9.37. The molecule has 5 heteroatoms. The molecule has 122 valence electrons. The Bertz CT molecular complexity index is 437. The first kappa shape index (κ1) is 15.9. The molecular weight excluding hydrogens is 278 g/mol. The lowest BCUT2D eigenvalue weighted by molar-refractivity contribution is 0.00710. The molecule has 2 saturated heterocycles. The first-order valence-electron chi connectivity index (χ1n) is 8.32. The van der Waals surface area contributed by atoms with Crippen LogP contribution < -0.4 is 0 Å². The Morgan fingerprint density at radius 1 is 1.23 bits per heavy atom. The molecule has 0 radical (unpaired) electrons. The number of nitrogens with zero attached hydrogens (tertiary/aromatic N) is 3. The summed E-state index contributed by atoms with van der Waals surface area (Å²) >= 11 is 0. The second-order valence-corrected chi connectivity index (χ2v) is 6.16. The second kappa shape index (κ2) is 8.02. The quantitative estimate of drug-likeness (QED) is 0.785. The minimum atomic E-state index is 0.565. The average Bonchev–Trinajstić information content (AvgIpc) is 2.97. The van der Waals surface area contributed by atoms with Crippen molar-refractivity contribution in [1.82, 2.24) is 14.8 Å². The van der Waals surface area contributed by atoms with Crippen LogP contribution in [0.2, 0.25) is 0 Å². The van der Waals surface area contributed by atoms with E-state index >= 15 is 0 Å². The Labute approximate surface area is 133 Å². The third-order valence-corrected chi connectivity index (χ3v) is 4.92. The van der Waals surface area contributed by atoms with Crippen molar-refractivity contribution in [1.29, 1.82) is 0 Å². The van der Waals surface area contributed by atoms with Gasteiger partial charge in [-0.3, -0.25) is 14.8 Å². The van der Waals surface area contributed by atoms with E-state index in [1.54, 1.807) is 7.11 Å². The average molecular weight is 305 g/mol. The van der Waals surface area contributed by atoms with Gasteiger partial charge in [0.05, 0.1) is 19.8 Å². The highest BCUT2D eigenvalue weighted by molar-refractivity contribution is 5.13. The van der Waals surface area contributed by atoms with Crippen LogP contribution in [-0.4, -0.2) is 80.0 Å². The molecule has 22 heavy (non-hydrogen) atoms. The first-order chi connectivity index (χ1) is 10.9. The summed E-state index contributed by atoms with van der Waals surface area (Å²) in [6.45, 7) is 6.87. The fraction of sp³-hybridized carbons (Fsp3) is 0.706. The predicted molar refractivity (Wildman–Crippen MR) is 86.0 cm³/mol. The minimum Gasteiger partial charge on any atom is -0.383 e. The molecule has 0 bridgehead atoms. The van der Waals surface area contributed by atoms with Gasteiger partial charge in [0.1, 0.15) is 0 Å². The molecule has 2 fully saturated rings. The summed E-state index contributed by atoms with van der Waals surface area (Å²) in [5, 5.41) is 0. The lowest BCUT2D eigenvalue weighted by Crippen LogP contribution is -2.50. The standard InChI is InChI=1S/C17H27N3O2/c1-21-11-8-19-7-4-16(20-9-12-22-13-10-20)17(19)14-15-2-5-18-6-3-15/h2-3,5-6,16-17H,4,7-14H2,1H3/t16-,17+/m1/s1. The molecule has 3 rings (SSSR count). The number of morpholine rings is 1. The molecule has 5 nitrogen and oxygen atoms in total. The number of aromatic nitrogens is 1. The summed E-state index contributed by atoms with van der Waals surface area (Å²) < 4.78 is 10.8. The molecule has 0 aliphatic carbocycles. The van der Waals surface area contributed by atoms with Gasteiger partial charge in [0, 0.05) is 57.8 Å². The largest absolute Gasteiger partial charge is 0.383 e. The van der Waals surface area contributed by atoms with Gasteiger partial charge in [-0.1, -0.05) is 0 Å². The summed E-state index contributed by atoms with van der Waals surface area (Å²) in [5.41, 5.74) is 1.38. The van der Waals surface area contributed by atoms with Crippen LogP contribution in [0.25, 0.3) is 0 Å². The van der Waals surface area contributed by atoms with Crippen molar-refractivity contribution in [2.24, 2.45) is 0 Å². The van der Waals surface area contributed by atoms with Gasteiger partial charge in [0.25, 0.3) is 0 Å². The summed E-state index contributed by atoms with van der Waals surface area (Å²) in [5.74, 6) is 0. The van der Waals surface area contributed by atoms with Crippen LogP contribution in [0.1, 0.15) is 12.0 Å². The molecule has 0 amide bonds. The van der Waals surface area contributed by atoms with Crippen LogP contribution in [-0.2, 0) is 15.9 Å². The molecule has 1 aromatic rings. The highest BCUT2D eigenvalue weighted by Crippen LogP contribution is 2.26. The molecular formula is C17H27N3O2. The molecule has 2 atom stereocenters. The van der Waals surface area contributed by atoms with Crippen molar-refractivity contribution < 1.29 is 9.47 Å². The van der Waals surface area contributed by atoms with E-state index in [1.807, 2.05) is 12.4 Å². The molecule has 0 aromatic carbocycles. The van der Waals surface area contributed by atoms with Gasteiger partial charge in [-0.25, -0.2) is 0 Å². The molecule has 2 aliphatic rings. The number of hydrogen-bond donors (Lipinski definition) is 0. The zero-order chi connectivity index (χ0) is 15.2. The summed E-state index contributed by atoms with van der Waals surface area (Å²) in [6.07, 6.45) is 6.13. The SMILES string of the molecule is COCCN1CC[C@@H](N2CCOCC2)[C@@H]1Cc1ccncc1. The van der Waals surface area contributed by atoms with Crippen molar-refractivity contribution >= 4 is 0 Å². The van der Waals surface area contributed by atoms with Gasteiger partial charge >= 0.3 is 0 Å². The van der Waals surface area contributed by atoms with Crippen molar-refractivity contribution in [3.05, 3.63) is 30.1 Å². The van der Waals surface area contributed by atoms with E-state index in [4.69, 9.17) is 9.47 Å². The normalized spacial score (nSPS) is 27.3. The van der Waals surface area contributed by atoms with Crippen LogP contribution in [0.4, 0.5) is 0 Å². The maximum atomic E-state index is 5.52. The van der Waals surface area contributed by atoms with E-state index in [-0.39, 0.29) is 0 Å². The maximum absolute atomic E-state index is 5.52. The van der Waals surface area contributed by atoms with Gasteiger partial charge in [-0.2, -0.15) is 0 Å². The molecule has 3 heterocycles. The van der Waals surface area contributed by atoms with E-state index in [1.165, 1.54) is 18.5 Å². The second-order valence-electron chi connectivity index (χ2n) is 6.16. The maximum Gasteiger partial charge on any atom is 0.0594 e. The molecule has 1 aromatic heterocycles. The Morgan fingerprint density at radius 2 is 2.00 bits per heavy atom. The number of pyridine rings is 1. The zero-order valence-corrected chi connectivity index (χ0v) is 13.5. The van der Waals surface area contributed by atoms with Gasteiger partial charge < -0.3 is 9.47 Å². The number of likely N-dealkylation sites (tertiary alicyclic amines) is 1. The third kappa shape index (κ3) is 3.84.